The molecule has 0 atom stereocenters. The second-order valence-electron chi connectivity index (χ2n) is 4.18. The normalized spacial score (nSPS) is 17.8. The van der Waals surface area contributed by atoms with Crippen molar-refractivity contribution in [1.82, 2.24) is 14.9 Å². The molecule has 1 aliphatic heterocycles. The van der Waals surface area contributed by atoms with Gasteiger partial charge in [0.25, 0.3) is 0 Å². The number of nitrogens with two attached hydrogens (primary N) is 1. The van der Waals surface area contributed by atoms with Crippen LogP contribution in [0.25, 0.3) is 0 Å². The van der Waals surface area contributed by atoms with Crippen LogP contribution in [0.5, 0.6) is 0 Å². The van der Waals surface area contributed by atoms with Crippen LogP contribution in [0.4, 0.5) is 5.95 Å². The van der Waals surface area contributed by atoms with Gasteiger partial charge in [-0.05, 0) is 19.7 Å². The van der Waals surface area contributed by atoms with Crippen molar-refractivity contribution in [2.24, 2.45) is 5.73 Å². The van der Waals surface area contributed by atoms with Crippen LogP contribution in [0.1, 0.15) is 5.69 Å². The first-order valence-corrected chi connectivity index (χ1v) is 5.75. The summed E-state index contributed by atoms with van der Waals surface area (Å²) in [6, 6.07) is 1.94. The van der Waals surface area contributed by atoms with Crippen LogP contribution in [0, 0.1) is 0 Å². The zero-order valence-electron chi connectivity index (χ0n) is 9.76. The summed E-state index contributed by atoms with van der Waals surface area (Å²) in [4.78, 5) is 13.4. The third-order valence-electron chi connectivity index (χ3n) is 2.89. The fraction of sp³-hybridized carbons (Fsp3) is 0.636. The van der Waals surface area contributed by atoms with Crippen LogP contribution in [-0.2, 0) is 6.42 Å². The molecule has 5 nitrogen and oxygen atoms in total. The lowest BCUT2D eigenvalue weighted by atomic mass is 10.3. The highest BCUT2D eigenvalue weighted by Crippen LogP contribution is 2.10. The maximum absolute atomic E-state index is 5.53. The van der Waals surface area contributed by atoms with Crippen LogP contribution in [0.2, 0.25) is 0 Å². The maximum Gasteiger partial charge on any atom is 0.225 e. The van der Waals surface area contributed by atoms with Crippen molar-refractivity contribution in [2.45, 2.75) is 6.42 Å². The van der Waals surface area contributed by atoms with Gasteiger partial charge in [0.05, 0.1) is 0 Å². The van der Waals surface area contributed by atoms with Crippen molar-refractivity contribution in [2.75, 3.05) is 44.7 Å². The Bertz CT molecular complexity index is 333. The van der Waals surface area contributed by atoms with Crippen molar-refractivity contribution in [3.05, 3.63) is 18.0 Å². The number of hydrogen-bond acceptors (Lipinski definition) is 5. The first-order valence-electron chi connectivity index (χ1n) is 5.75. The third kappa shape index (κ3) is 2.68. The van der Waals surface area contributed by atoms with Gasteiger partial charge in [0.15, 0.2) is 0 Å². The second-order valence-corrected chi connectivity index (χ2v) is 4.18. The molecule has 2 rings (SSSR count). The summed E-state index contributed by atoms with van der Waals surface area (Å²) in [5, 5.41) is 0. The fourth-order valence-corrected chi connectivity index (χ4v) is 1.83. The van der Waals surface area contributed by atoms with E-state index in [9.17, 15) is 0 Å². The lowest BCUT2D eigenvalue weighted by Gasteiger charge is -2.32. The number of piperazine rings is 1. The van der Waals surface area contributed by atoms with E-state index in [0.29, 0.717) is 6.54 Å². The molecule has 2 N–H and O–H groups in total. The lowest BCUT2D eigenvalue weighted by Crippen LogP contribution is -2.45. The Morgan fingerprint density at radius 2 is 2.06 bits per heavy atom. The van der Waals surface area contributed by atoms with E-state index in [0.717, 1.165) is 44.2 Å². The Morgan fingerprint density at radius 3 is 2.75 bits per heavy atom. The Hall–Kier alpha value is -1.20. The lowest BCUT2D eigenvalue weighted by molar-refractivity contribution is 0.311. The highest BCUT2D eigenvalue weighted by molar-refractivity contribution is 5.31. The van der Waals surface area contributed by atoms with Gasteiger partial charge in [-0.15, -0.1) is 0 Å². The Kier molecular flexibility index (Phi) is 3.69. The monoisotopic (exact) mass is 221 g/mol. The molecule has 1 aromatic rings. The van der Waals surface area contributed by atoms with Crippen LogP contribution in [0.15, 0.2) is 12.3 Å². The Morgan fingerprint density at radius 1 is 1.31 bits per heavy atom. The second kappa shape index (κ2) is 5.23. The molecule has 0 aromatic carbocycles. The van der Waals surface area contributed by atoms with E-state index in [1.807, 2.05) is 12.3 Å². The summed E-state index contributed by atoms with van der Waals surface area (Å²) in [5.41, 5.74) is 6.56. The third-order valence-corrected chi connectivity index (χ3v) is 2.89. The topological polar surface area (TPSA) is 58.3 Å². The molecule has 0 radical (unpaired) electrons. The van der Waals surface area contributed by atoms with Crippen LogP contribution >= 0.6 is 0 Å². The highest BCUT2D eigenvalue weighted by Gasteiger charge is 2.16. The number of likely N-dealkylation sites (N-methyl/N-ethyl adjacent to an activating group) is 1. The molecule has 0 bridgehead atoms. The zero-order valence-corrected chi connectivity index (χ0v) is 9.76. The summed E-state index contributed by atoms with van der Waals surface area (Å²) in [6.07, 6.45) is 2.65. The minimum Gasteiger partial charge on any atom is -0.338 e. The summed E-state index contributed by atoms with van der Waals surface area (Å²) in [5.74, 6) is 0.846. The van der Waals surface area contributed by atoms with E-state index >= 15 is 0 Å². The molecule has 0 aliphatic carbocycles. The predicted octanol–water partition coefficient (Wildman–Crippen LogP) is -0.270. The first kappa shape index (κ1) is 11.3. The van der Waals surface area contributed by atoms with Crippen LogP contribution in [0.3, 0.4) is 0 Å². The number of anilines is 1. The summed E-state index contributed by atoms with van der Waals surface area (Å²) in [7, 11) is 2.14. The van der Waals surface area contributed by atoms with Gasteiger partial charge in [0.1, 0.15) is 0 Å². The molecule has 2 heterocycles. The number of aromatic nitrogens is 2. The maximum atomic E-state index is 5.53. The molecular formula is C11H19N5. The predicted molar refractivity (Wildman–Crippen MR) is 64.5 cm³/mol. The summed E-state index contributed by atoms with van der Waals surface area (Å²) in [6.45, 7) is 4.79. The van der Waals surface area contributed by atoms with Crippen LogP contribution in [-0.4, -0.2) is 54.6 Å². The van der Waals surface area contributed by atoms with Gasteiger partial charge in [0.2, 0.25) is 5.95 Å². The Labute approximate surface area is 96.3 Å². The van der Waals surface area contributed by atoms with Crippen molar-refractivity contribution in [3.63, 3.8) is 0 Å². The van der Waals surface area contributed by atoms with E-state index in [2.05, 4.69) is 26.8 Å². The first-order chi connectivity index (χ1) is 7.79. The molecule has 88 valence electrons. The van der Waals surface area contributed by atoms with E-state index in [1.54, 1.807) is 0 Å². The van der Waals surface area contributed by atoms with Gasteiger partial charge >= 0.3 is 0 Å². The van der Waals surface area contributed by atoms with Gasteiger partial charge in [-0.3, -0.25) is 0 Å². The summed E-state index contributed by atoms with van der Waals surface area (Å²) >= 11 is 0. The minimum atomic E-state index is 0.638. The number of nitrogens with zero attached hydrogens (tertiary/aromatic N) is 4. The zero-order chi connectivity index (χ0) is 11.4. The van der Waals surface area contributed by atoms with Gasteiger partial charge in [-0.25, -0.2) is 9.97 Å². The molecule has 1 aliphatic rings. The molecule has 0 spiro atoms. The van der Waals surface area contributed by atoms with Gasteiger partial charge in [0, 0.05) is 44.5 Å². The molecule has 16 heavy (non-hydrogen) atoms. The van der Waals surface area contributed by atoms with Crippen molar-refractivity contribution < 1.29 is 0 Å². The van der Waals surface area contributed by atoms with Crippen molar-refractivity contribution in [1.29, 1.82) is 0 Å². The van der Waals surface area contributed by atoms with Gasteiger partial charge in [-0.1, -0.05) is 0 Å². The molecule has 0 saturated carbocycles. The molecule has 1 aromatic heterocycles. The number of hydrogen-bond donors (Lipinski definition) is 1. The van der Waals surface area contributed by atoms with Gasteiger partial charge in [-0.2, -0.15) is 0 Å². The molecule has 5 heteroatoms. The quantitative estimate of drug-likeness (QED) is 0.761. The Balaban J connectivity index is 2.05. The largest absolute Gasteiger partial charge is 0.338 e. The van der Waals surface area contributed by atoms with E-state index < -0.39 is 0 Å². The van der Waals surface area contributed by atoms with E-state index in [4.69, 9.17) is 5.73 Å². The summed E-state index contributed by atoms with van der Waals surface area (Å²) < 4.78 is 0. The standard InChI is InChI=1S/C11H19N5/c1-15-6-8-16(9-7-15)11-13-5-3-10(14-11)2-4-12/h3,5H,2,4,6-9,12H2,1H3. The van der Waals surface area contributed by atoms with Crippen LogP contribution < -0.4 is 10.6 Å². The fourth-order valence-electron chi connectivity index (χ4n) is 1.83. The molecule has 0 amide bonds. The average Bonchev–Trinajstić information content (AvgIpc) is 2.31. The smallest absolute Gasteiger partial charge is 0.225 e. The highest BCUT2D eigenvalue weighted by atomic mass is 15.3. The van der Waals surface area contributed by atoms with Gasteiger partial charge < -0.3 is 15.5 Å². The van der Waals surface area contributed by atoms with Crippen molar-refractivity contribution >= 4 is 5.95 Å². The van der Waals surface area contributed by atoms with E-state index in [1.165, 1.54) is 0 Å². The molecule has 0 unspecified atom stereocenters. The van der Waals surface area contributed by atoms with E-state index in [-0.39, 0.29) is 0 Å². The average molecular weight is 221 g/mol. The van der Waals surface area contributed by atoms with Crippen molar-refractivity contribution in [3.8, 4) is 0 Å². The minimum absolute atomic E-state index is 0.638. The SMILES string of the molecule is CN1CCN(c2nccc(CCN)n2)CC1. The number of rotatable bonds is 3. The molecule has 1 saturated heterocycles. The molecule has 1 fully saturated rings. The molecular weight excluding hydrogens is 202 g/mol.